The molecule has 0 aromatic heterocycles. The summed E-state index contributed by atoms with van der Waals surface area (Å²) in [5.41, 5.74) is 0. The lowest BCUT2D eigenvalue weighted by atomic mass is 10.1. The molecule has 2 heteroatoms. The molecule has 0 rings (SSSR count). The Hall–Kier alpha value is -0.790. The van der Waals surface area contributed by atoms with Gasteiger partial charge in [0.05, 0.1) is 6.61 Å². The third-order valence-corrected chi connectivity index (χ3v) is 6.15. The number of ether oxygens (including phenoxy) is 1. The molecule has 0 aliphatic heterocycles. The first-order valence-electron chi connectivity index (χ1n) is 14.1. The molecule has 0 saturated heterocycles. The minimum absolute atomic E-state index is 0.0113. The van der Waals surface area contributed by atoms with Crippen molar-refractivity contribution >= 4 is 5.97 Å². The lowest BCUT2D eigenvalue weighted by molar-refractivity contribution is -0.143. The molecule has 0 spiro atoms. The molecule has 0 radical (unpaired) electrons. The minimum Gasteiger partial charge on any atom is -0.466 e. The number of hydrogen-bond acceptors (Lipinski definition) is 2. The smallest absolute Gasteiger partial charge is 0.305 e. The zero-order valence-corrected chi connectivity index (χ0v) is 21.4. The number of unbranched alkanes of at least 4 members (excludes halogenated alkanes) is 19. The molecule has 31 heavy (non-hydrogen) atoms. The fraction of sp³-hybridized carbons (Fsp3) is 0.897. The average Bonchev–Trinajstić information content (AvgIpc) is 2.77. The first-order chi connectivity index (χ1) is 15.3. The standard InChI is InChI=1S/C29H56O2/c1-3-5-7-9-11-13-14-15-16-17-18-19-21-23-25-27-29(30)31-28-26-24-22-20-12-10-8-6-4-2/h15-16H,3-14,17-28H2,1-2H3/b16-15-. The van der Waals surface area contributed by atoms with Gasteiger partial charge in [0.25, 0.3) is 0 Å². The van der Waals surface area contributed by atoms with Crippen molar-refractivity contribution < 1.29 is 9.53 Å². The van der Waals surface area contributed by atoms with E-state index in [0.29, 0.717) is 13.0 Å². The molecule has 0 fully saturated rings. The van der Waals surface area contributed by atoms with Gasteiger partial charge in [-0.15, -0.1) is 0 Å². The predicted octanol–water partition coefficient (Wildman–Crippen LogP) is 10.1. The van der Waals surface area contributed by atoms with E-state index >= 15 is 0 Å². The summed E-state index contributed by atoms with van der Waals surface area (Å²) < 4.78 is 5.37. The van der Waals surface area contributed by atoms with Crippen LogP contribution in [0.4, 0.5) is 0 Å². The molecule has 0 N–H and O–H groups in total. The normalized spacial score (nSPS) is 11.4. The van der Waals surface area contributed by atoms with Crippen molar-refractivity contribution in [3.63, 3.8) is 0 Å². The van der Waals surface area contributed by atoms with Crippen molar-refractivity contribution in [3.8, 4) is 0 Å². The highest BCUT2D eigenvalue weighted by atomic mass is 16.5. The highest BCUT2D eigenvalue weighted by molar-refractivity contribution is 5.69. The third kappa shape index (κ3) is 27.2. The lowest BCUT2D eigenvalue weighted by Gasteiger charge is -2.05. The molecule has 184 valence electrons. The first-order valence-corrected chi connectivity index (χ1v) is 14.1. The van der Waals surface area contributed by atoms with E-state index in [-0.39, 0.29) is 5.97 Å². The minimum atomic E-state index is 0.0113. The average molecular weight is 437 g/mol. The molecule has 0 bridgehead atoms. The zero-order valence-electron chi connectivity index (χ0n) is 21.4. The summed E-state index contributed by atoms with van der Waals surface area (Å²) in [6.45, 7) is 5.16. The Morgan fingerprint density at radius 1 is 0.516 bits per heavy atom. The molecular weight excluding hydrogens is 380 g/mol. The summed E-state index contributed by atoms with van der Waals surface area (Å²) in [5.74, 6) is 0.0113. The molecule has 0 aromatic carbocycles. The Morgan fingerprint density at radius 2 is 0.903 bits per heavy atom. The molecule has 0 aromatic rings. The van der Waals surface area contributed by atoms with E-state index in [9.17, 15) is 4.79 Å². The van der Waals surface area contributed by atoms with Crippen LogP contribution in [0.1, 0.15) is 162 Å². The Kier molecular flexibility index (Phi) is 26.5. The molecule has 0 unspecified atom stereocenters. The summed E-state index contributed by atoms with van der Waals surface area (Å²) in [4.78, 5) is 11.8. The van der Waals surface area contributed by atoms with Crippen LogP contribution in [0.2, 0.25) is 0 Å². The Labute approximate surface area is 196 Å². The monoisotopic (exact) mass is 436 g/mol. The number of carbonyl (C=O) groups is 1. The lowest BCUT2D eigenvalue weighted by Crippen LogP contribution is -2.05. The molecule has 0 saturated carbocycles. The molecule has 0 aliphatic rings. The van der Waals surface area contributed by atoms with Crippen LogP contribution in [0.15, 0.2) is 12.2 Å². The van der Waals surface area contributed by atoms with Crippen molar-refractivity contribution in [2.24, 2.45) is 0 Å². The second-order valence-electron chi connectivity index (χ2n) is 9.38. The number of rotatable bonds is 25. The Bertz CT molecular complexity index is 375. The molecule has 0 heterocycles. The van der Waals surface area contributed by atoms with Gasteiger partial charge in [0, 0.05) is 6.42 Å². The summed E-state index contributed by atoms with van der Waals surface area (Å²) in [7, 11) is 0. The van der Waals surface area contributed by atoms with Crippen LogP contribution in [0.25, 0.3) is 0 Å². The second-order valence-corrected chi connectivity index (χ2v) is 9.38. The van der Waals surface area contributed by atoms with Crippen LogP contribution >= 0.6 is 0 Å². The van der Waals surface area contributed by atoms with Crippen molar-refractivity contribution in [2.45, 2.75) is 162 Å². The van der Waals surface area contributed by atoms with Crippen molar-refractivity contribution in [1.82, 2.24) is 0 Å². The molecule has 0 amide bonds. The van der Waals surface area contributed by atoms with E-state index in [0.717, 1.165) is 19.3 Å². The highest BCUT2D eigenvalue weighted by Gasteiger charge is 2.02. The summed E-state index contributed by atoms with van der Waals surface area (Å²) >= 11 is 0. The van der Waals surface area contributed by atoms with Crippen molar-refractivity contribution in [2.75, 3.05) is 6.61 Å². The first kappa shape index (κ1) is 30.2. The van der Waals surface area contributed by atoms with Crippen LogP contribution in [0.3, 0.4) is 0 Å². The maximum absolute atomic E-state index is 11.8. The van der Waals surface area contributed by atoms with Gasteiger partial charge in [-0.05, 0) is 38.5 Å². The predicted molar refractivity (Wildman–Crippen MR) is 138 cm³/mol. The van der Waals surface area contributed by atoms with E-state index < -0.39 is 0 Å². The van der Waals surface area contributed by atoms with Gasteiger partial charge < -0.3 is 4.74 Å². The van der Waals surface area contributed by atoms with E-state index in [1.165, 1.54) is 122 Å². The van der Waals surface area contributed by atoms with Gasteiger partial charge in [0.15, 0.2) is 0 Å². The quantitative estimate of drug-likeness (QED) is 0.0808. The fourth-order valence-corrected chi connectivity index (χ4v) is 4.01. The van der Waals surface area contributed by atoms with Gasteiger partial charge in [-0.1, -0.05) is 129 Å². The zero-order chi connectivity index (χ0) is 22.7. The fourth-order valence-electron chi connectivity index (χ4n) is 4.01. The number of allylic oxidation sites excluding steroid dienone is 2. The van der Waals surface area contributed by atoms with Crippen molar-refractivity contribution in [1.29, 1.82) is 0 Å². The summed E-state index contributed by atoms with van der Waals surface area (Å²) in [5, 5.41) is 0. The SMILES string of the molecule is CCCCCCCC/C=C\CCCCCCCC(=O)OCCCCCCCCCCC. The van der Waals surface area contributed by atoms with E-state index in [4.69, 9.17) is 4.74 Å². The summed E-state index contributed by atoms with van der Waals surface area (Å²) in [6, 6.07) is 0. The number of hydrogen-bond donors (Lipinski definition) is 0. The van der Waals surface area contributed by atoms with E-state index in [2.05, 4.69) is 26.0 Å². The Morgan fingerprint density at radius 3 is 1.39 bits per heavy atom. The molecular formula is C29H56O2. The van der Waals surface area contributed by atoms with Crippen LogP contribution in [-0.4, -0.2) is 12.6 Å². The number of esters is 1. The van der Waals surface area contributed by atoms with Crippen LogP contribution in [0, 0.1) is 0 Å². The molecule has 0 aliphatic carbocycles. The van der Waals surface area contributed by atoms with Gasteiger partial charge in [0.1, 0.15) is 0 Å². The summed E-state index contributed by atoms with van der Waals surface area (Å²) in [6.07, 6.45) is 33.8. The van der Waals surface area contributed by atoms with Gasteiger partial charge in [0.2, 0.25) is 0 Å². The van der Waals surface area contributed by atoms with Crippen LogP contribution in [-0.2, 0) is 9.53 Å². The van der Waals surface area contributed by atoms with Gasteiger partial charge in [-0.25, -0.2) is 0 Å². The third-order valence-electron chi connectivity index (χ3n) is 6.15. The second kappa shape index (κ2) is 27.2. The van der Waals surface area contributed by atoms with Crippen LogP contribution in [0.5, 0.6) is 0 Å². The topological polar surface area (TPSA) is 26.3 Å². The van der Waals surface area contributed by atoms with E-state index in [1.807, 2.05) is 0 Å². The largest absolute Gasteiger partial charge is 0.466 e. The Balaban J connectivity index is 3.20. The van der Waals surface area contributed by atoms with Gasteiger partial charge in [-0.2, -0.15) is 0 Å². The van der Waals surface area contributed by atoms with Gasteiger partial charge in [-0.3, -0.25) is 4.79 Å². The van der Waals surface area contributed by atoms with Crippen molar-refractivity contribution in [3.05, 3.63) is 12.2 Å². The molecule has 2 nitrogen and oxygen atoms in total. The number of carbonyl (C=O) groups excluding carboxylic acids is 1. The van der Waals surface area contributed by atoms with Crippen LogP contribution < -0.4 is 0 Å². The molecule has 0 atom stereocenters. The maximum Gasteiger partial charge on any atom is 0.305 e. The maximum atomic E-state index is 11.8. The van der Waals surface area contributed by atoms with Gasteiger partial charge >= 0.3 is 5.97 Å². The highest BCUT2D eigenvalue weighted by Crippen LogP contribution is 2.11. The van der Waals surface area contributed by atoms with E-state index in [1.54, 1.807) is 0 Å².